The Hall–Kier alpha value is 1.30. The minimum Gasteiger partial charge on any atom is -0.741 e. The molecule has 0 bridgehead atoms. The molecule has 0 fully saturated rings. The van der Waals surface area contributed by atoms with Crippen molar-refractivity contribution < 1.29 is 83.0 Å². The van der Waals surface area contributed by atoms with Gasteiger partial charge >= 0.3 is 56.9 Å². The quantitative estimate of drug-likeness (QED) is 0.231. The smallest absolute Gasteiger partial charge is 0.741 e. The van der Waals surface area contributed by atoms with Crippen LogP contribution in [0.1, 0.15) is 0 Å². The molecule has 58 valence electrons. The molecule has 0 amide bonds. The molecule has 0 aromatic rings. The van der Waals surface area contributed by atoms with Crippen LogP contribution in [-0.4, -0.2) is 24.0 Å². The van der Waals surface area contributed by atoms with Gasteiger partial charge in [-0.3, -0.25) is 0 Å². The number of halogens is 3. The molecule has 0 spiro atoms. The van der Waals surface area contributed by atoms with Crippen molar-refractivity contribution in [1.82, 2.24) is 0 Å². The van der Waals surface area contributed by atoms with Crippen molar-refractivity contribution in [3.05, 3.63) is 0 Å². The Kier molecular flexibility index (Phi) is 8.76. The standard InChI is InChI=1S/CHF3O3S.K.H2O/c2-1(3,4)8(5,6)7;;/h(H,5,6,7);;1H2/q;+1;/p-1. The van der Waals surface area contributed by atoms with Crippen molar-refractivity contribution in [1.29, 1.82) is 0 Å². The number of hydrogen-bond donors (Lipinski definition) is 0. The van der Waals surface area contributed by atoms with Crippen molar-refractivity contribution in [2.75, 3.05) is 0 Å². The van der Waals surface area contributed by atoms with Crippen LogP contribution in [0.3, 0.4) is 0 Å². The van der Waals surface area contributed by atoms with E-state index in [4.69, 9.17) is 13.0 Å². The van der Waals surface area contributed by atoms with Crippen LogP contribution in [0.15, 0.2) is 0 Å². The van der Waals surface area contributed by atoms with Crippen LogP contribution in [0.5, 0.6) is 0 Å². The van der Waals surface area contributed by atoms with E-state index in [1.807, 2.05) is 0 Å². The number of rotatable bonds is 0. The summed E-state index contributed by atoms with van der Waals surface area (Å²) in [6, 6.07) is 0. The maximum absolute atomic E-state index is 10.7. The summed E-state index contributed by atoms with van der Waals surface area (Å²) in [5, 5.41) is 0. The largest absolute Gasteiger partial charge is 1.00 e. The molecule has 0 radical (unpaired) electrons. The molecule has 9 heteroatoms. The number of alkyl halides is 3. The zero-order valence-corrected chi connectivity index (χ0v) is 8.71. The number of hydrogen-bond acceptors (Lipinski definition) is 3. The van der Waals surface area contributed by atoms with Crippen molar-refractivity contribution >= 4 is 10.1 Å². The third-order valence-electron chi connectivity index (χ3n) is 0.283. The van der Waals surface area contributed by atoms with E-state index >= 15 is 0 Å². The molecule has 0 aliphatic rings. The van der Waals surface area contributed by atoms with Crippen molar-refractivity contribution in [3.8, 4) is 0 Å². The molecule has 0 unspecified atom stereocenters. The monoisotopic (exact) mass is 206 g/mol. The molecule has 0 rings (SSSR count). The van der Waals surface area contributed by atoms with Crippen molar-refractivity contribution in [3.63, 3.8) is 0 Å². The summed E-state index contributed by atoms with van der Waals surface area (Å²) in [4.78, 5) is 0. The van der Waals surface area contributed by atoms with Crippen LogP contribution in [0.2, 0.25) is 0 Å². The van der Waals surface area contributed by atoms with Crippen molar-refractivity contribution in [2.45, 2.75) is 5.51 Å². The summed E-state index contributed by atoms with van der Waals surface area (Å²) in [5.41, 5.74) is -5.65. The van der Waals surface area contributed by atoms with E-state index in [-0.39, 0.29) is 56.9 Å². The van der Waals surface area contributed by atoms with Gasteiger partial charge in [-0.2, -0.15) is 13.2 Å². The van der Waals surface area contributed by atoms with Gasteiger partial charge in [0.05, 0.1) is 0 Å². The molecule has 2 N–H and O–H groups in total. The second-order valence-electron chi connectivity index (χ2n) is 0.900. The van der Waals surface area contributed by atoms with E-state index in [1.54, 1.807) is 0 Å². The van der Waals surface area contributed by atoms with Gasteiger partial charge in [0.15, 0.2) is 10.1 Å². The van der Waals surface area contributed by atoms with E-state index in [1.165, 1.54) is 0 Å². The predicted molar refractivity (Wildman–Crippen MR) is 19.4 cm³/mol. The van der Waals surface area contributed by atoms with Crippen LogP contribution in [0.4, 0.5) is 13.2 Å². The molecule has 0 saturated carbocycles. The SMILES string of the molecule is O.O=S(=O)([O-])C(F)(F)F.[K+]. The maximum atomic E-state index is 10.7. The van der Waals surface area contributed by atoms with Gasteiger partial charge in [0.1, 0.15) is 0 Å². The van der Waals surface area contributed by atoms with Gasteiger partial charge < -0.3 is 10.0 Å². The molecule has 0 aromatic heterocycles. The predicted octanol–water partition coefficient (Wildman–Crippen LogP) is -3.77. The summed E-state index contributed by atoms with van der Waals surface area (Å²) in [5.74, 6) is 0. The molecule has 0 atom stereocenters. The van der Waals surface area contributed by atoms with E-state index in [0.29, 0.717) is 0 Å². The Labute approximate surface area is 97.3 Å². The first-order chi connectivity index (χ1) is 3.25. The summed E-state index contributed by atoms with van der Waals surface area (Å²) in [6.45, 7) is 0. The second-order valence-corrected chi connectivity index (χ2v) is 2.27. The summed E-state index contributed by atoms with van der Waals surface area (Å²) < 4.78 is 58.9. The van der Waals surface area contributed by atoms with Gasteiger partial charge in [-0.15, -0.1) is 0 Å². The summed E-state index contributed by atoms with van der Waals surface area (Å²) in [7, 11) is -6.09. The average Bonchev–Trinajstić information content (AvgIpc) is 1.25. The molecular formula is CH2F3KO4S. The van der Waals surface area contributed by atoms with Gasteiger partial charge in [0, 0.05) is 0 Å². The summed E-state index contributed by atoms with van der Waals surface area (Å²) >= 11 is 0. The van der Waals surface area contributed by atoms with Gasteiger partial charge in [-0.25, -0.2) is 8.42 Å². The molecule has 0 aromatic carbocycles. The Balaban J connectivity index is -0.000000245. The molecule has 4 nitrogen and oxygen atoms in total. The molecular weight excluding hydrogens is 204 g/mol. The average molecular weight is 206 g/mol. The van der Waals surface area contributed by atoms with Crippen LogP contribution in [0, 0.1) is 0 Å². The van der Waals surface area contributed by atoms with Gasteiger partial charge in [0.2, 0.25) is 0 Å². The minimum absolute atomic E-state index is 0. The second kappa shape index (κ2) is 5.03. The topological polar surface area (TPSA) is 88.7 Å². The van der Waals surface area contributed by atoms with E-state index in [2.05, 4.69) is 0 Å². The van der Waals surface area contributed by atoms with E-state index < -0.39 is 15.6 Å². The third kappa shape index (κ3) is 6.04. The molecule has 0 saturated heterocycles. The molecule has 0 aliphatic heterocycles. The Morgan fingerprint density at radius 3 is 1.30 bits per heavy atom. The Morgan fingerprint density at radius 1 is 1.20 bits per heavy atom. The fourth-order valence-electron chi connectivity index (χ4n) is 0. The normalized spacial score (nSPS) is 11.2. The first kappa shape index (κ1) is 17.4. The third-order valence-corrected chi connectivity index (χ3v) is 0.850. The molecule has 0 aliphatic carbocycles. The zero-order chi connectivity index (χ0) is 7.00. The zero-order valence-electron chi connectivity index (χ0n) is 4.77. The van der Waals surface area contributed by atoms with Crippen LogP contribution in [-0.2, 0) is 10.1 Å². The fraction of sp³-hybridized carbons (Fsp3) is 1.00. The Bertz CT molecular complexity index is 169. The van der Waals surface area contributed by atoms with Crippen molar-refractivity contribution in [2.24, 2.45) is 0 Å². The molecule has 10 heavy (non-hydrogen) atoms. The van der Waals surface area contributed by atoms with Gasteiger partial charge in [-0.1, -0.05) is 0 Å². The van der Waals surface area contributed by atoms with Crippen LogP contribution >= 0.6 is 0 Å². The van der Waals surface area contributed by atoms with Crippen LogP contribution < -0.4 is 51.4 Å². The first-order valence-corrected chi connectivity index (χ1v) is 2.68. The maximum Gasteiger partial charge on any atom is 1.00 e. The van der Waals surface area contributed by atoms with Gasteiger partial charge in [0.25, 0.3) is 0 Å². The van der Waals surface area contributed by atoms with E-state index in [9.17, 15) is 13.2 Å². The fourth-order valence-corrected chi connectivity index (χ4v) is 0. The first-order valence-electron chi connectivity index (χ1n) is 1.27. The molecule has 0 heterocycles. The van der Waals surface area contributed by atoms with E-state index in [0.717, 1.165) is 0 Å². The summed E-state index contributed by atoms with van der Waals surface area (Å²) in [6.07, 6.45) is 0. The minimum atomic E-state index is -6.09. The Morgan fingerprint density at radius 2 is 1.30 bits per heavy atom. The van der Waals surface area contributed by atoms with Crippen LogP contribution in [0.25, 0.3) is 0 Å². The van der Waals surface area contributed by atoms with Gasteiger partial charge in [-0.05, 0) is 0 Å².